The summed E-state index contributed by atoms with van der Waals surface area (Å²) in [6, 6.07) is 3.59. The molecule has 0 heterocycles. The van der Waals surface area contributed by atoms with E-state index in [1.165, 1.54) is 19.2 Å². The first-order valence-corrected chi connectivity index (χ1v) is 7.07. The van der Waals surface area contributed by atoms with Crippen molar-refractivity contribution in [3.63, 3.8) is 0 Å². The van der Waals surface area contributed by atoms with Crippen molar-refractivity contribution in [2.24, 2.45) is 5.14 Å². The normalized spacial score (nSPS) is 10.9. The van der Waals surface area contributed by atoms with E-state index in [1.807, 2.05) is 0 Å². The van der Waals surface area contributed by atoms with Crippen LogP contribution in [-0.4, -0.2) is 38.7 Å². The highest BCUT2D eigenvalue weighted by atomic mass is 32.2. The minimum Gasteiger partial charge on any atom is -0.465 e. The summed E-state index contributed by atoms with van der Waals surface area (Å²) in [5.41, 5.74) is -0.162. The third-order valence-corrected chi connectivity index (χ3v) is 3.09. The van der Waals surface area contributed by atoms with Gasteiger partial charge in [0, 0.05) is 12.6 Å². The molecule has 0 aliphatic rings. The van der Waals surface area contributed by atoms with Crippen LogP contribution in [0.1, 0.15) is 10.4 Å². The highest BCUT2D eigenvalue weighted by Gasteiger charge is 2.17. The Balaban J connectivity index is 3.00. The van der Waals surface area contributed by atoms with Crippen molar-refractivity contribution in [1.82, 2.24) is 0 Å². The Morgan fingerprint density at radius 3 is 2.65 bits per heavy atom. The number of ether oxygens (including phenoxy) is 1. The molecule has 0 saturated carbocycles. The summed E-state index contributed by atoms with van der Waals surface area (Å²) >= 11 is 0. The lowest BCUT2D eigenvalue weighted by Gasteiger charge is -2.08. The number of nitrogens with two attached hydrogens (primary N) is 1. The second-order valence-corrected chi connectivity index (χ2v) is 5.51. The Bertz CT molecular complexity index is 628. The highest BCUT2D eigenvalue weighted by molar-refractivity contribution is 7.89. The number of primary sulfonamides is 1. The van der Waals surface area contributed by atoms with Crippen LogP contribution in [0.5, 0.6) is 0 Å². The molecule has 20 heavy (non-hydrogen) atoms. The van der Waals surface area contributed by atoms with E-state index in [1.54, 1.807) is 0 Å². The summed E-state index contributed by atoms with van der Waals surface area (Å²) in [5.74, 6) is -1.05. The first kappa shape index (κ1) is 15.9. The molecule has 110 valence electrons. The molecule has 0 aliphatic carbocycles. The topological polar surface area (TPSA) is 142 Å². The summed E-state index contributed by atoms with van der Waals surface area (Å²) < 4.78 is 26.1. The summed E-state index contributed by atoms with van der Waals surface area (Å²) in [4.78, 5) is 21.5. The molecule has 0 aromatic heterocycles. The summed E-state index contributed by atoms with van der Waals surface area (Å²) in [6.45, 7) is -0.121. The number of sulfonamides is 1. The van der Waals surface area contributed by atoms with Gasteiger partial charge in [-0.2, -0.15) is 0 Å². The molecule has 0 unspecified atom stereocenters. The van der Waals surface area contributed by atoms with E-state index in [2.05, 4.69) is 10.1 Å². The predicted octanol–water partition coefficient (Wildman–Crippen LogP) is 0.0818. The Hall–Kier alpha value is -2.20. The minimum atomic E-state index is -3.68. The monoisotopic (exact) mass is 303 g/mol. The standard InChI is InChI=1S/C10H13N3O6S/c1-19-10(14)7-2-3-9(13(15)16)8(6-7)12-4-5-20(11,17)18/h2-3,6,12H,4-5H2,1H3,(H2,11,17,18). The number of nitro benzene ring substituents is 1. The fourth-order valence-corrected chi connectivity index (χ4v) is 1.80. The van der Waals surface area contributed by atoms with Gasteiger partial charge in [0.1, 0.15) is 5.69 Å². The first-order valence-electron chi connectivity index (χ1n) is 5.35. The van der Waals surface area contributed by atoms with Gasteiger partial charge in [0.2, 0.25) is 10.0 Å². The number of esters is 1. The van der Waals surface area contributed by atoms with E-state index in [0.29, 0.717) is 0 Å². The fraction of sp³-hybridized carbons (Fsp3) is 0.300. The quantitative estimate of drug-likeness (QED) is 0.430. The smallest absolute Gasteiger partial charge is 0.337 e. The maximum Gasteiger partial charge on any atom is 0.337 e. The van der Waals surface area contributed by atoms with Gasteiger partial charge in [-0.25, -0.2) is 18.4 Å². The zero-order chi connectivity index (χ0) is 15.3. The summed E-state index contributed by atoms with van der Waals surface area (Å²) in [7, 11) is -2.50. The average molecular weight is 303 g/mol. The number of nitro groups is 1. The molecule has 0 saturated heterocycles. The fourth-order valence-electron chi connectivity index (χ4n) is 1.41. The van der Waals surface area contributed by atoms with Crippen LogP contribution in [0.3, 0.4) is 0 Å². The molecule has 0 spiro atoms. The van der Waals surface area contributed by atoms with Gasteiger partial charge in [0.25, 0.3) is 5.69 Å². The molecule has 9 nitrogen and oxygen atoms in total. The van der Waals surface area contributed by atoms with Gasteiger partial charge >= 0.3 is 5.97 Å². The van der Waals surface area contributed by atoms with Gasteiger partial charge in [-0.15, -0.1) is 0 Å². The van der Waals surface area contributed by atoms with Crippen molar-refractivity contribution in [1.29, 1.82) is 0 Å². The molecule has 0 fully saturated rings. The Kier molecular flexibility index (Phi) is 5.00. The molecule has 0 amide bonds. The molecular weight excluding hydrogens is 290 g/mol. The number of rotatable bonds is 6. The number of carbonyl (C=O) groups excluding carboxylic acids is 1. The predicted molar refractivity (Wildman–Crippen MR) is 70.9 cm³/mol. The maximum atomic E-state index is 11.3. The van der Waals surface area contributed by atoms with E-state index < -0.39 is 26.7 Å². The molecule has 0 aliphatic heterocycles. The van der Waals surface area contributed by atoms with Crippen molar-refractivity contribution in [2.45, 2.75) is 0 Å². The third kappa shape index (κ3) is 4.48. The van der Waals surface area contributed by atoms with Crippen molar-refractivity contribution < 1.29 is 22.9 Å². The second kappa shape index (κ2) is 6.30. The number of nitrogens with one attached hydrogen (secondary N) is 1. The van der Waals surface area contributed by atoms with E-state index in [-0.39, 0.29) is 23.5 Å². The number of hydrogen-bond donors (Lipinski definition) is 2. The van der Waals surface area contributed by atoms with Crippen LogP contribution in [-0.2, 0) is 14.8 Å². The Labute approximate surface area is 114 Å². The molecular formula is C10H13N3O6S. The van der Waals surface area contributed by atoms with Crippen LogP contribution in [0.2, 0.25) is 0 Å². The van der Waals surface area contributed by atoms with Crippen molar-refractivity contribution in [2.75, 3.05) is 24.7 Å². The number of nitrogens with zero attached hydrogens (tertiary/aromatic N) is 1. The maximum absolute atomic E-state index is 11.3. The summed E-state index contributed by atoms with van der Waals surface area (Å²) in [6.07, 6.45) is 0. The largest absolute Gasteiger partial charge is 0.465 e. The van der Waals surface area contributed by atoms with Crippen LogP contribution in [0.15, 0.2) is 18.2 Å². The van der Waals surface area contributed by atoms with Crippen LogP contribution in [0.4, 0.5) is 11.4 Å². The second-order valence-electron chi connectivity index (χ2n) is 3.77. The lowest BCUT2D eigenvalue weighted by Crippen LogP contribution is -2.22. The van der Waals surface area contributed by atoms with Crippen molar-refractivity contribution in [3.05, 3.63) is 33.9 Å². The van der Waals surface area contributed by atoms with Gasteiger partial charge in [0.05, 0.1) is 23.3 Å². The molecule has 0 atom stereocenters. The Morgan fingerprint density at radius 2 is 2.15 bits per heavy atom. The SMILES string of the molecule is COC(=O)c1ccc([N+](=O)[O-])c(NCCS(N)(=O)=O)c1. The molecule has 1 aromatic carbocycles. The number of hydrogen-bond acceptors (Lipinski definition) is 7. The lowest BCUT2D eigenvalue weighted by atomic mass is 10.1. The zero-order valence-corrected chi connectivity index (χ0v) is 11.3. The van der Waals surface area contributed by atoms with Gasteiger partial charge in [-0.3, -0.25) is 10.1 Å². The number of carbonyl (C=O) groups is 1. The Morgan fingerprint density at radius 1 is 1.50 bits per heavy atom. The summed E-state index contributed by atoms with van der Waals surface area (Å²) in [5, 5.41) is 18.2. The molecule has 3 N–H and O–H groups in total. The first-order chi connectivity index (χ1) is 9.24. The van der Waals surface area contributed by atoms with Gasteiger partial charge < -0.3 is 10.1 Å². The molecule has 1 aromatic rings. The minimum absolute atomic E-state index is 0.0153. The lowest BCUT2D eigenvalue weighted by molar-refractivity contribution is -0.384. The molecule has 10 heteroatoms. The molecule has 1 rings (SSSR count). The van der Waals surface area contributed by atoms with Gasteiger partial charge in [0.15, 0.2) is 0 Å². The van der Waals surface area contributed by atoms with Crippen LogP contribution in [0.25, 0.3) is 0 Å². The molecule has 0 radical (unpaired) electrons. The molecule has 0 bridgehead atoms. The van der Waals surface area contributed by atoms with Crippen LogP contribution < -0.4 is 10.5 Å². The van der Waals surface area contributed by atoms with Gasteiger partial charge in [-0.05, 0) is 12.1 Å². The number of benzene rings is 1. The number of anilines is 1. The van der Waals surface area contributed by atoms with Crippen molar-refractivity contribution >= 4 is 27.4 Å². The average Bonchev–Trinajstić information content (AvgIpc) is 2.35. The van der Waals surface area contributed by atoms with Crippen LogP contribution >= 0.6 is 0 Å². The zero-order valence-electron chi connectivity index (χ0n) is 10.5. The van der Waals surface area contributed by atoms with Gasteiger partial charge in [-0.1, -0.05) is 0 Å². The highest BCUT2D eigenvalue weighted by Crippen LogP contribution is 2.25. The van der Waals surface area contributed by atoms with E-state index in [4.69, 9.17) is 5.14 Å². The van der Waals surface area contributed by atoms with Crippen LogP contribution in [0, 0.1) is 10.1 Å². The van der Waals surface area contributed by atoms with E-state index in [9.17, 15) is 23.3 Å². The van der Waals surface area contributed by atoms with Crippen molar-refractivity contribution in [3.8, 4) is 0 Å². The number of methoxy groups -OCH3 is 1. The van der Waals surface area contributed by atoms with E-state index in [0.717, 1.165) is 6.07 Å². The van der Waals surface area contributed by atoms with E-state index >= 15 is 0 Å². The third-order valence-electron chi connectivity index (χ3n) is 2.32.